The highest BCUT2D eigenvalue weighted by molar-refractivity contribution is 5.68. The first-order valence-corrected chi connectivity index (χ1v) is 12.0. The highest BCUT2D eigenvalue weighted by Crippen LogP contribution is 2.34. The summed E-state index contributed by atoms with van der Waals surface area (Å²) in [6.07, 6.45) is -0.865. The van der Waals surface area contributed by atoms with Crippen molar-refractivity contribution in [2.45, 2.75) is 78.1 Å². The number of aryl methyl sites for hydroxylation is 1. The van der Waals surface area contributed by atoms with Crippen molar-refractivity contribution in [1.82, 2.24) is 9.78 Å². The van der Waals surface area contributed by atoms with Crippen molar-refractivity contribution in [2.24, 2.45) is 0 Å². The van der Waals surface area contributed by atoms with Crippen molar-refractivity contribution in [1.29, 1.82) is 0 Å². The van der Waals surface area contributed by atoms with Crippen LogP contribution in [0.1, 0.15) is 57.5 Å². The second-order valence-electron chi connectivity index (χ2n) is 8.77. The first kappa shape index (κ1) is 27.9. The molecule has 1 aromatic heterocycles. The van der Waals surface area contributed by atoms with E-state index < -0.39 is 54.5 Å². The molecule has 1 aliphatic heterocycles. The fourth-order valence-electron chi connectivity index (χ4n) is 4.15. The zero-order chi connectivity index (χ0) is 27.1. The summed E-state index contributed by atoms with van der Waals surface area (Å²) in [4.78, 5) is 47.4. The molecule has 2 heterocycles. The maximum absolute atomic E-state index is 12.0. The molecule has 1 fully saturated rings. The van der Waals surface area contributed by atoms with Crippen LogP contribution in [0, 0.1) is 0 Å². The molecule has 1 aliphatic rings. The van der Waals surface area contributed by atoms with Gasteiger partial charge in [0.1, 0.15) is 12.7 Å². The number of ether oxygens (including phenoxy) is 5. The van der Waals surface area contributed by atoms with Crippen LogP contribution in [0.4, 0.5) is 0 Å². The van der Waals surface area contributed by atoms with Gasteiger partial charge in [0.15, 0.2) is 24.5 Å². The lowest BCUT2D eigenvalue weighted by Gasteiger charge is -2.44. The second kappa shape index (κ2) is 12.5. The molecule has 0 radical (unpaired) electrons. The van der Waals surface area contributed by atoms with Gasteiger partial charge in [0, 0.05) is 40.3 Å². The number of hydrogen-bond donors (Lipinski definition) is 0. The summed E-state index contributed by atoms with van der Waals surface area (Å²) < 4.78 is 29.1. The van der Waals surface area contributed by atoms with Gasteiger partial charge in [-0.3, -0.25) is 19.2 Å². The van der Waals surface area contributed by atoms with Crippen LogP contribution >= 0.6 is 0 Å². The zero-order valence-electron chi connectivity index (χ0n) is 21.5. The molecule has 0 N–H and O–H groups in total. The molecule has 2 aromatic rings. The molecule has 0 aliphatic carbocycles. The molecule has 0 spiro atoms. The average Bonchev–Trinajstić information content (AvgIpc) is 3.28. The number of nitrogens with zero attached hydrogens (tertiary/aromatic N) is 2. The average molecular weight is 517 g/mol. The van der Waals surface area contributed by atoms with E-state index in [0.717, 1.165) is 17.5 Å². The standard InChI is InChI=1S/C26H32N2O9/c1-6-19-7-9-20(10-8-19)11-21-12-27-28(13-21)26-25(36-18(5)32)24(35-17(4)31)23(34-16(3)30)22(37-26)14-33-15(2)29/h7-10,12-13,22-26H,6,11,14H2,1-5H3/t22?,23-,24?,25-,26?/m1/s1. The highest BCUT2D eigenvalue weighted by Gasteiger charge is 2.53. The van der Waals surface area contributed by atoms with Gasteiger partial charge in [-0.25, -0.2) is 4.68 Å². The molecule has 0 saturated carbocycles. The van der Waals surface area contributed by atoms with Gasteiger partial charge >= 0.3 is 23.9 Å². The van der Waals surface area contributed by atoms with Crippen LogP contribution in [-0.4, -0.2) is 64.7 Å². The van der Waals surface area contributed by atoms with Crippen LogP contribution in [0.5, 0.6) is 0 Å². The van der Waals surface area contributed by atoms with Crippen LogP contribution in [0.3, 0.4) is 0 Å². The molecule has 3 unspecified atom stereocenters. The largest absolute Gasteiger partial charge is 0.463 e. The van der Waals surface area contributed by atoms with E-state index in [1.54, 1.807) is 12.4 Å². The summed E-state index contributed by atoms with van der Waals surface area (Å²) in [5.41, 5.74) is 3.17. The fourth-order valence-corrected chi connectivity index (χ4v) is 4.15. The SMILES string of the molecule is CCc1ccc(Cc2cnn(C3OC(COC(C)=O)[C@@H](OC(C)=O)C(OC(C)=O)[C@H]3OC(C)=O)c2)cc1. The van der Waals surface area contributed by atoms with Crippen LogP contribution in [0.2, 0.25) is 0 Å². The quantitative estimate of drug-likeness (QED) is 0.361. The molecular weight excluding hydrogens is 484 g/mol. The van der Waals surface area contributed by atoms with Crippen molar-refractivity contribution in [3.8, 4) is 0 Å². The first-order valence-electron chi connectivity index (χ1n) is 12.0. The topological polar surface area (TPSA) is 132 Å². The maximum atomic E-state index is 12.0. The molecule has 5 atom stereocenters. The van der Waals surface area contributed by atoms with Crippen molar-refractivity contribution < 1.29 is 42.9 Å². The molecule has 11 heteroatoms. The summed E-state index contributed by atoms with van der Waals surface area (Å²) >= 11 is 0. The molecule has 0 amide bonds. The molecule has 3 rings (SSSR count). The maximum Gasteiger partial charge on any atom is 0.303 e. The van der Waals surface area contributed by atoms with Gasteiger partial charge in [0.2, 0.25) is 0 Å². The number of carbonyl (C=O) groups is 4. The van der Waals surface area contributed by atoms with Crippen LogP contribution in [-0.2, 0) is 55.7 Å². The summed E-state index contributed by atoms with van der Waals surface area (Å²) in [7, 11) is 0. The summed E-state index contributed by atoms with van der Waals surface area (Å²) in [5.74, 6) is -2.63. The van der Waals surface area contributed by atoms with E-state index in [9.17, 15) is 19.2 Å². The van der Waals surface area contributed by atoms with Gasteiger partial charge in [-0.05, 0) is 23.1 Å². The number of carbonyl (C=O) groups excluding carboxylic acids is 4. The number of aromatic nitrogens is 2. The highest BCUT2D eigenvalue weighted by atomic mass is 16.7. The molecule has 1 saturated heterocycles. The minimum absolute atomic E-state index is 0.299. The Morgan fingerprint density at radius 3 is 1.95 bits per heavy atom. The van der Waals surface area contributed by atoms with Gasteiger partial charge < -0.3 is 23.7 Å². The Kier molecular flexibility index (Phi) is 9.40. The lowest BCUT2D eigenvalue weighted by Crippen LogP contribution is -2.60. The van der Waals surface area contributed by atoms with Gasteiger partial charge in [0.05, 0.1) is 6.20 Å². The number of benzene rings is 1. The van der Waals surface area contributed by atoms with Crippen LogP contribution in [0.15, 0.2) is 36.7 Å². The third kappa shape index (κ3) is 7.63. The normalized spacial score (nSPS) is 23.1. The Morgan fingerprint density at radius 1 is 0.811 bits per heavy atom. The van der Waals surface area contributed by atoms with Crippen molar-refractivity contribution in [3.63, 3.8) is 0 Å². The Hall–Kier alpha value is -3.73. The van der Waals surface area contributed by atoms with Gasteiger partial charge in [-0.15, -0.1) is 0 Å². The smallest absolute Gasteiger partial charge is 0.303 e. The molecule has 200 valence electrons. The Morgan fingerprint density at radius 2 is 1.38 bits per heavy atom. The first-order chi connectivity index (χ1) is 17.6. The predicted octanol–water partition coefficient (Wildman–Crippen LogP) is 2.29. The molecular formula is C26H32N2O9. The Bertz CT molecular complexity index is 1110. The third-order valence-corrected chi connectivity index (χ3v) is 5.72. The minimum atomic E-state index is -1.25. The summed E-state index contributed by atoms with van der Waals surface area (Å²) in [6, 6.07) is 8.23. The molecule has 37 heavy (non-hydrogen) atoms. The van der Waals surface area contributed by atoms with Crippen LogP contribution < -0.4 is 0 Å². The van der Waals surface area contributed by atoms with E-state index in [0.29, 0.717) is 6.42 Å². The van der Waals surface area contributed by atoms with E-state index in [-0.39, 0.29) is 6.61 Å². The van der Waals surface area contributed by atoms with E-state index in [1.807, 2.05) is 12.1 Å². The number of esters is 4. The molecule has 0 bridgehead atoms. The van der Waals surface area contributed by atoms with E-state index in [4.69, 9.17) is 23.7 Å². The lowest BCUT2D eigenvalue weighted by molar-refractivity contribution is -0.270. The lowest BCUT2D eigenvalue weighted by atomic mass is 9.97. The fraction of sp³-hybridized carbons (Fsp3) is 0.500. The zero-order valence-corrected chi connectivity index (χ0v) is 21.5. The third-order valence-electron chi connectivity index (χ3n) is 5.72. The monoisotopic (exact) mass is 516 g/mol. The van der Waals surface area contributed by atoms with E-state index in [2.05, 4.69) is 24.2 Å². The summed E-state index contributed by atoms with van der Waals surface area (Å²) in [5, 5.41) is 4.40. The summed E-state index contributed by atoms with van der Waals surface area (Å²) in [6.45, 7) is 6.56. The van der Waals surface area contributed by atoms with Crippen molar-refractivity contribution >= 4 is 23.9 Å². The van der Waals surface area contributed by atoms with Crippen molar-refractivity contribution in [3.05, 3.63) is 53.3 Å². The minimum Gasteiger partial charge on any atom is -0.463 e. The van der Waals surface area contributed by atoms with Gasteiger partial charge in [0.25, 0.3) is 0 Å². The van der Waals surface area contributed by atoms with Crippen LogP contribution in [0.25, 0.3) is 0 Å². The Balaban J connectivity index is 1.96. The van der Waals surface area contributed by atoms with Crippen molar-refractivity contribution in [2.75, 3.05) is 6.61 Å². The Labute approximate surface area is 215 Å². The van der Waals surface area contributed by atoms with E-state index in [1.165, 1.54) is 37.9 Å². The molecule has 11 nitrogen and oxygen atoms in total. The predicted molar refractivity (Wildman–Crippen MR) is 128 cm³/mol. The van der Waals surface area contributed by atoms with Gasteiger partial charge in [-0.2, -0.15) is 5.10 Å². The van der Waals surface area contributed by atoms with E-state index >= 15 is 0 Å². The van der Waals surface area contributed by atoms with Gasteiger partial charge in [-0.1, -0.05) is 31.2 Å². The number of hydrogen-bond acceptors (Lipinski definition) is 10. The second-order valence-corrected chi connectivity index (χ2v) is 8.77. The number of rotatable bonds is 9. The molecule has 1 aromatic carbocycles.